The summed E-state index contributed by atoms with van der Waals surface area (Å²) in [4.78, 5) is 16.7. The highest BCUT2D eigenvalue weighted by Crippen LogP contribution is 2.31. The molecule has 0 saturated heterocycles. The van der Waals surface area contributed by atoms with Crippen molar-refractivity contribution in [2.24, 2.45) is 0 Å². The molecule has 0 aliphatic rings. The first-order chi connectivity index (χ1) is 18.8. The maximum absolute atomic E-state index is 13.5. The lowest BCUT2D eigenvalue weighted by Gasteiger charge is -2.22. The number of carbonyl (C=O) groups is 1. The van der Waals surface area contributed by atoms with Crippen LogP contribution >= 0.6 is 0 Å². The van der Waals surface area contributed by atoms with Crippen LogP contribution in [0.2, 0.25) is 0 Å². The van der Waals surface area contributed by atoms with Gasteiger partial charge in [0.15, 0.2) is 0 Å². The van der Waals surface area contributed by atoms with Gasteiger partial charge in [-0.1, -0.05) is 54.6 Å². The van der Waals surface area contributed by atoms with Crippen LogP contribution in [0.5, 0.6) is 5.75 Å². The number of para-hydroxylation sites is 2. The molecular weight excluding hydrogens is 511 g/mol. The third-order valence-electron chi connectivity index (χ3n) is 6.20. The molecule has 0 saturated carbocycles. The molecule has 1 aromatic heterocycles. The van der Waals surface area contributed by atoms with Crippen molar-refractivity contribution in [1.29, 1.82) is 0 Å². The van der Waals surface area contributed by atoms with Crippen molar-refractivity contribution >= 4 is 16.9 Å². The number of hydrogen-bond acceptors (Lipinski definition) is 5. The molecule has 7 nitrogen and oxygen atoms in total. The van der Waals surface area contributed by atoms with Gasteiger partial charge in [-0.2, -0.15) is 13.2 Å². The smallest absolute Gasteiger partial charge is 0.449 e. The molecule has 4 aromatic rings. The number of aliphatic hydroxyl groups excluding tert-OH is 1. The highest BCUT2D eigenvalue weighted by Gasteiger charge is 2.37. The Morgan fingerprint density at radius 2 is 1.72 bits per heavy atom. The van der Waals surface area contributed by atoms with Gasteiger partial charge in [-0.15, -0.1) is 0 Å². The Morgan fingerprint density at radius 3 is 2.38 bits per heavy atom. The molecule has 4 rings (SSSR count). The molecule has 2 unspecified atom stereocenters. The van der Waals surface area contributed by atoms with Crippen LogP contribution in [0.1, 0.15) is 29.9 Å². The van der Waals surface area contributed by atoms with E-state index in [4.69, 9.17) is 9.47 Å². The van der Waals surface area contributed by atoms with Crippen LogP contribution in [-0.2, 0) is 28.7 Å². The number of fused-ring (bicyclic) bond motifs is 1. The molecule has 0 radical (unpaired) electrons. The molecule has 2 N–H and O–H groups in total. The van der Waals surface area contributed by atoms with E-state index < -0.39 is 24.1 Å². The molecular formula is C29H30F3N3O4. The standard InChI is InChI=1S/C29H30F3N3O4/c1-2-38-26(27(37)33-24(19-36)21-8-4-3-5-9-21)18-20-12-14-22(15-13-20)39-17-16-35-25-11-7-6-10-23(25)34-28(35)29(30,31)32/h3-15,24,26,36H,2,16-19H2,1H3,(H,33,37). The number of hydrogen-bond donors (Lipinski definition) is 2. The summed E-state index contributed by atoms with van der Waals surface area (Å²) < 4.78 is 53.0. The molecule has 39 heavy (non-hydrogen) atoms. The quantitative estimate of drug-likeness (QED) is 0.266. The third kappa shape index (κ3) is 7.15. The normalized spacial score (nSPS) is 13.3. The number of benzene rings is 3. The first-order valence-corrected chi connectivity index (χ1v) is 12.6. The predicted molar refractivity (Wildman–Crippen MR) is 140 cm³/mol. The van der Waals surface area contributed by atoms with Gasteiger partial charge in [0.1, 0.15) is 18.5 Å². The molecule has 1 heterocycles. The monoisotopic (exact) mass is 541 g/mol. The van der Waals surface area contributed by atoms with Crippen molar-refractivity contribution < 1.29 is 32.5 Å². The van der Waals surface area contributed by atoms with Gasteiger partial charge in [0.05, 0.1) is 30.2 Å². The predicted octanol–water partition coefficient (Wildman–Crippen LogP) is 4.93. The topological polar surface area (TPSA) is 85.6 Å². The van der Waals surface area contributed by atoms with E-state index in [9.17, 15) is 23.1 Å². The molecule has 10 heteroatoms. The lowest BCUT2D eigenvalue weighted by Crippen LogP contribution is -2.41. The Kier molecular flexibility index (Phi) is 9.21. The van der Waals surface area contributed by atoms with Gasteiger partial charge in [0.25, 0.3) is 0 Å². The first kappa shape index (κ1) is 28.1. The summed E-state index contributed by atoms with van der Waals surface area (Å²) in [6.45, 7) is 1.86. The van der Waals surface area contributed by atoms with Gasteiger partial charge in [0, 0.05) is 13.0 Å². The van der Waals surface area contributed by atoms with E-state index in [-0.39, 0.29) is 31.2 Å². The van der Waals surface area contributed by atoms with E-state index in [1.807, 2.05) is 30.3 Å². The fraction of sp³-hybridized carbons (Fsp3) is 0.310. The first-order valence-electron chi connectivity index (χ1n) is 12.6. The van der Waals surface area contributed by atoms with Crippen LogP contribution in [0.25, 0.3) is 11.0 Å². The summed E-state index contributed by atoms with van der Waals surface area (Å²) in [5.41, 5.74) is 2.27. The zero-order valence-corrected chi connectivity index (χ0v) is 21.4. The minimum Gasteiger partial charge on any atom is -0.492 e. The SMILES string of the molecule is CCOC(Cc1ccc(OCCn2c(C(F)(F)F)nc3ccccc32)cc1)C(=O)NC(CO)c1ccccc1. The molecule has 206 valence electrons. The number of ether oxygens (including phenoxy) is 2. The summed E-state index contributed by atoms with van der Waals surface area (Å²) in [5.74, 6) is -0.815. The van der Waals surface area contributed by atoms with Crippen LogP contribution in [0.4, 0.5) is 13.2 Å². The summed E-state index contributed by atoms with van der Waals surface area (Å²) >= 11 is 0. The average Bonchev–Trinajstić information content (AvgIpc) is 3.32. The third-order valence-corrected chi connectivity index (χ3v) is 6.20. The average molecular weight is 542 g/mol. The fourth-order valence-corrected chi connectivity index (χ4v) is 4.32. The van der Waals surface area contributed by atoms with E-state index in [0.717, 1.165) is 15.7 Å². The van der Waals surface area contributed by atoms with Gasteiger partial charge in [-0.25, -0.2) is 4.98 Å². The molecule has 1 amide bonds. The van der Waals surface area contributed by atoms with Crippen LogP contribution < -0.4 is 10.1 Å². The molecule has 0 spiro atoms. The summed E-state index contributed by atoms with van der Waals surface area (Å²) in [5, 5.41) is 12.6. The second-order valence-electron chi connectivity index (χ2n) is 8.87. The highest BCUT2D eigenvalue weighted by molar-refractivity contribution is 5.81. The number of imidazole rings is 1. The highest BCUT2D eigenvalue weighted by atomic mass is 19.4. The number of nitrogens with one attached hydrogen (secondary N) is 1. The summed E-state index contributed by atoms with van der Waals surface area (Å²) in [7, 11) is 0. The maximum Gasteiger partial charge on any atom is 0.449 e. The van der Waals surface area contributed by atoms with Crippen molar-refractivity contribution in [2.75, 3.05) is 19.8 Å². The van der Waals surface area contributed by atoms with Crippen LogP contribution in [0.3, 0.4) is 0 Å². The van der Waals surface area contributed by atoms with Crippen LogP contribution in [0, 0.1) is 0 Å². The summed E-state index contributed by atoms with van der Waals surface area (Å²) in [6.07, 6.45) is -5.06. The summed E-state index contributed by atoms with van der Waals surface area (Å²) in [6, 6.07) is 22.0. The van der Waals surface area contributed by atoms with Crippen molar-refractivity contribution in [2.45, 2.75) is 38.2 Å². The van der Waals surface area contributed by atoms with Gasteiger partial charge in [0.2, 0.25) is 11.7 Å². The number of alkyl halides is 3. The number of rotatable bonds is 12. The molecule has 0 aliphatic heterocycles. The maximum atomic E-state index is 13.5. The Hall–Kier alpha value is -3.89. The minimum absolute atomic E-state index is 0.00872. The lowest BCUT2D eigenvalue weighted by molar-refractivity contribution is -0.147. The molecule has 0 aliphatic carbocycles. The lowest BCUT2D eigenvalue weighted by atomic mass is 10.0. The van der Waals surface area contributed by atoms with Crippen molar-refractivity contribution in [1.82, 2.24) is 14.9 Å². The Morgan fingerprint density at radius 1 is 1.03 bits per heavy atom. The molecule has 2 atom stereocenters. The Bertz CT molecular complexity index is 1360. The number of carbonyl (C=O) groups excluding carboxylic acids is 1. The number of amides is 1. The van der Waals surface area contributed by atoms with Gasteiger partial charge < -0.3 is 24.5 Å². The Labute approximate surface area is 224 Å². The van der Waals surface area contributed by atoms with Gasteiger partial charge >= 0.3 is 6.18 Å². The molecule has 0 fully saturated rings. The van der Waals surface area contributed by atoms with Gasteiger partial charge in [-0.05, 0) is 42.3 Å². The molecule has 3 aromatic carbocycles. The van der Waals surface area contributed by atoms with Crippen LogP contribution in [-0.4, -0.2) is 46.5 Å². The zero-order chi connectivity index (χ0) is 27.8. The van der Waals surface area contributed by atoms with Crippen molar-refractivity contribution in [3.8, 4) is 5.75 Å². The second kappa shape index (κ2) is 12.8. The van der Waals surface area contributed by atoms with Crippen molar-refractivity contribution in [3.05, 3.63) is 95.8 Å². The van der Waals surface area contributed by atoms with Crippen LogP contribution in [0.15, 0.2) is 78.9 Å². The molecule has 0 bridgehead atoms. The van der Waals surface area contributed by atoms with E-state index in [1.165, 1.54) is 0 Å². The van der Waals surface area contributed by atoms with E-state index >= 15 is 0 Å². The number of aromatic nitrogens is 2. The van der Waals surface area contributed by atoms with E-state index in [1.54, 1.807) is 55.5 Å². The number of nitrogens with zero attached hydrogens (tertiary/aromatic N) is 2. The minimum atomic E-state index is -4.58. The number of aliphatic hydroxyl groups is 1. The number of halogens is 3. The zero-order valence-electron chi connectivity index (χ0n) is 21.4. The van der Waals surface area contributed by atoms with Gasteiger partial charge in [-0.3, -0.25) is 4.79 Å². The largest absolute Gasteiger partial charge is 0.492 e. The second-order valence-corrected chi connectivity index (χ2v) is 8.87. The van der Waals surface area contributed by atoms with E-state index in [2.05, 4.69) is 10.3 Å². The van der Waals surface area contributed by atoms with E-state index in [0.29, 0.717) is 24.3 Å². The Balaban J connectivity index is 1.36. The van der Waals surface area contributed by atoms with Crippen molar-refractivity contribution in [3.63, 3.8) is 0 Å². The fourth-order valence-electron chi connectivity index (χ4n) is 4.32.